The molecule has 21 heavy (non-hydrogen) atoms. The molecule has 0 aliphatic rings. The number of methoxy groups -OCH3 is 1. The molecule has 0 saturated carbocycles. The molecule has 126 valence electrons. The van der Waals surface area contributed by atoms with Crippen LogP contribution in [0.25, 0.3) is 0 Å². The van der Waals surface area contributed by atoms with Crippen molar-refractivity contribution in [3.8, 4) is 0 Å². The van der Waals surface area contributed by atoms with E-state index in [1.807, 2.05) is 20.9 Å². The Morgan fingerprint density at radius 2 is 2.00 bits per heavy atom. The van der Waals surface area contributed by atoms with E-state index >= 15 is 0 Å². The Hall–Kier alpha value is -0.650. The molecule has 1 N–H and O–H groups in total. The van der Waals surface area contributed by atoms with Gasteiger partial charge in [0.25, 0.3) is 0 Å². The third-order valence-electron chi connectivity index (χ3n) is 3.66. The Balaban J connectivity index is 4.34. The number of hydrogen-bond donors (Lipinski definition) is 1. The van der Waals surface area contributed by atoms with E-state index in [2.05, 4.69) is 24.1 Å². The van der Waals surface area contributed by atoms with E-state index in [0.29, 0.717) is 12.5 Å². The first-order valence-electron chi connectivity index (χ1n) is 7.97. The van der Waals surface area contributed by atoms with Crippen LogP contribution in [0.5, 0.6) is 0 Å². The topological polar surface area (TPSA) is 50.8 Å². The van der Waals surface area contributed by atoms with Gasteiger partial charge in [-0.15, -0.1) is 0 Å². The molecule has 0 aliphatic carbocycles. The molecule has 5 nitrogen and oxygen atoms in total. The molecular weight excluding hydrogens is 268 g/mol. The summed E-state index contributed by atoms with van der Waals surface area (Å²) in [7, 11) is 3.54. The standard InChI is InChI=1S/C16H34N2O3/c1-7-21-15(19)16(4,17-5)9-8-10-18(11-12-20-6)13-14(2)3/h14,17H,7-13H2,1-6H3. The molecule has 0 bridgehead atoms. The second-order valence-electron chi connectivity index (χ2n) is 6.09. The fraction of sp³-hybridized carbons (Fsp3) is 0.938. The van der Waals surface area contributed by atoms with Crippen molar-refractivity contribution in [2.45, 2.75) is 46.1 Å². The summed E-state index contributed by atoms with van der Waals surface area (Å²) in [6.45, 7) is 12.3. The fourth-order valence-electron chi connectivity index (χ4n) is 2.31. The second-order valence-corrected chi connectivity index (χ2v) is 6.09. The van der Waals surface area contributed by atoms with E-state index in [9.17, 15) is 4.79 Å². The SMILES string of the molecule is CCOC(=O)C(C)(CCCN(CCOC)CC(C)C)NC. The van der Waals surface area contributed by atoms with E-state index in [1.165, 1.54) is 0 Å². The minimum atomic E-state index is -0.596. The summed E-state index contributed by atoms with van der Waals surface area (Å²) in [5.74, 6) is 0.461. The Morgan fingerprint density at radius 3 is 2.48 bits per heavy atom. The Bertz CT molecular complexity index is 285. The third kappa shape index (κ3) is 8.39. The van der Waals surface area contributed by atoms with Crippen molar-refractivity contribution in [1.82, 2.24) is 10.2 Å². The predicted molar refractivity (Wildman–Crippen MR) is 86.5 cm³/mol. The summed E-state index contributed by atoms with van der Waals surface area (Å²) in [6, 6.07) is 0. The van der Waals surface area contributed by atoms with Crippen molar-refractivity contribution in [3.05, 3.63) is 0 Å². The van der Waals surface area contributed by atoms with Gasteiger partial charge in [-0.2, -0.15) is 0 Å². The first-order valence-corrected chi connectivity index (χ1v) is 7.97. The summed E-state index contributed by atoms with van der Waals surface area (Å²) >= 11 is 0. The number of hydrogen-bond acceptors (Lipinski definition) is 5. The van der Waals surface area contributed by atoms with Crippen molar-refractivity contribution in [1.29, 1.82) is 0 Å². The van der Waals surface area contributed by atoms with Gasteiger partial charge in [-0.05, 0) is 46.2 Å². The highest BCUT2D eigenvalue weighted by Gasteiger charge is 2.32. The predicted octanol–water partition coefficient (Wildman–Crippen LogP) is 1.91. The Labute approximate surface area is 130 Å². The number of esters is 1. The molecule has 0 aromatic heterocycles. The number of rotatable bonds is 12. The minimum Gasteiger partial charge on any atom is -0.465 e. The lowest BCUT2D eigenvalue weighted by molar-refractivity contribution is -0.150. The van der Waals surface area contributed by atoms with E-state index in [1.54, 1.807) is 7.11 Å². The zero-order valence-electron chi connectivity index (χ0n) is 14.7. The highest BCUT2D eigenvalue weighted by atomic mass is 16.5. The number of carbonyl (C=O) groups is 1. The van der Waals surface area contributed by atoms with Crippen LogP contribution >= 0.6 is 0 Å². The normalized spacial score (nSPS) is 14.5. The number of carbonyl (C=O) groups excluding carboxylic acids is 1. The fourth-order valence-corrected chi connectivity index (χ4v) is 2.31. The largest absolute Gasteiger partial charge is 0.465 e. The van der Waals surface area contributed by atoms with Gasteiger partial charge in [0.15, 0.2) is 0 Å². The number of nitrogens with zero attached hydrogens (tertiary/aromatic N) is 1. The first kappa shape index (κ1) is 20.3. The molecule has 1 unspecified atom stereocenters. The van der Waals surface area contributed by atoms with Gasteiger partial charge in [0.2, 0.25) is 0 Å². The monoisotopic (exact) mass is 302 g/mol. The van der Waals surface area contributed by atoms with Crippen LogP contribution in [0.15, 0.2) is 0 Å². The van der Waals surface area contributed by atoms with Crippen molar-refractivity contribution < 1.29 is 14.3 Å². The number of likely N-dealkylation sites (N-methyl/N-ethyl adjacent to an activating group) is 1. The molecule has 0 aromatic carbocycles. The lowest BCUT2D eigenvalue weighted by Crippen LogP contribution is -2.49. The smallest absolute Gasteiger partial charge is 0.326 e. The van der Waals surface area contributed by atoms with Crippen LogP contribution in [0.2, 0.25) is 0 Å². The number of nitrogens with one attached hydrogen (secondary N) is 1. The van der Waals surface area contributed by atoms with Gasteiger partial charge in [-0.3, -0.25) is 4.79 Å². The zero-order valence-corrected chi connectivity index (χ0v) is 14.7. The molecule has 0 heterocycles. The zero-order chi connectivity index (χ0) is 16.3. The van der Waals surface area contributed by atoms with Crippen LogP contribution in [0.1, 0.15) is 40.5 Å². The van der Waals surface area contributed by atoms with E-state index < -0.39 is 5.54 Å². The second kappa shape index (κ2) is 11.0. The molecule has 0 aromatic rings. The summed E-state index contributed by atoms with van der Waals surface area (Å²) in [4.78, 5) is 14.4. The molecule has 5 heteroatoms. The average molecular weight is 302 g/mol. The summed E-state index contributed by atoms with van der Waals surface area (Å²) < 4.78 is 10.3. The molecule has 0 saturated heterocycles. The van der Waals surface area contributed by atoms with E-state index in [-0.39, 0.29) is 5.97 Å². The van der Waals surface area contributed by atoms with Crippen LogP contribution in [-0.4, -0.2) is 63.4 Å². The van der Waals surface area contributed by atoms with Crippen molar-refractivity contribution in [2.24, 2.45) is 5.92 Å². The maximum Gasteiger partial charge on any atom is 0.326 e. The molecule has 0 aliphatic heterocycles. The lowest BCUT2D eigenvalue weighted by Gasteiger charge is -2.29. The van der Waals surface area contributed by atoms with Gasteiger partial charge in [0.1, 0.15) is 5.54 Å². The van der Waals surface area contributed by atoms with Crippen LogP contribution in [0, 0.1) is 5.92 Å². The van der Waals surface area contributed by atoms with Gasteiger partial charge >= 0.3 is 5.97 Å². The quantitative estimate of drug-likeness (QED) is 0.558. The van der Waals surface area contributed by atoms with Crippen molar-refractivity contribution >= 4 is 5.97 Å². The van der Waals surface area contributed by atoms with Gasteiger partial charge in [-0.25, -0.2) is 0 Å². The molecule has 0 rings (SSSR count). The van der Waals surface area contributed by atoms with Gasteiger partial charge in [0, 0.05) is 20.2 Å². The highest BCUT2D eigenvalue weighted by Crippen LogP contribution is 2.15. The van der Waals surface area contributed by atoms with E-state index in [0.717, 1.165) is 39.1 Å². The summed E-state index contributed by atoms with van der Waals surface area (Å²) in [5, 5.41) is 3.10. The molecule has 0 fully saturated rings. The molecule has 0 spiro atoms. The van der Waals surface area contributed by atoms with Crippen LogP contribution in [0.4, 0.5) is 0 Å². The van der Waals surface area contributed by atoms with Crippen LogP contribution in [0.3, 0.4) is 0 Å². The summed E-state index contributed by atoms with van der Waals surface area (Å²) in [5.41, 5.74) is -0.596. The first-order chi connectivity index (χ1) is 9.89. The van der Waals surface area contributed by atoms with Gasteiger partial charge in [-0.1, -0.05) is 13.8 Å². The van der Waals surface area contributed by atoms with Crippen LogP contribution < -0.4 is 5.32 Å². The maximum absolute atomic E-state index is 12.0. The van der Waals surface area contributed by atoms with Crippen LogP contribution in [-0.2, 0) is 14.3 Å². The summed E-state index contributed by atoms with van der Waals surface area (Å²) in [6.07, 6.45) is 1.72. The lowest BCUT2D eigenvalue weighted by atomic mass is 9.96. The number of ether oxygens (including phenoxy) is 2. The van der Waals surface area contributed by atoms with Gasteiger partial charge < -0.3 is 19.7 Å². The average Bonchev–Trinajstić information content (AvgIpc) is 2.43. The van der Waals surface area contributed by atoms with Crippen molar-refractivity contribution in [2.75, 3.05) is 47.0 Å². The van der Waals surface area contributed by atoms with Crippen molar-refractivity contribution in [3.63, 3.8) is 0 Å². The Morgan fingerprint density at radius 1 is 1.33 bits per heavy atom. The maximum atomic E-state index is 12.0. The highest BCUT2D eigenvalue weighted by molar-refractivity contribution is 5.80. The molecular formula is C16H34N2O3. The third-order valence-corrected chi connectivity index (χ3v) is 3.66. The Kier molecular flexibility index (Phi) is 10.6. The molecule has 0 radical (unpaired) electrons. The molecule has 1 atom stereocenters. The van der Waals surface area contributed by atoms with Gasteiger partial charge in [0.05, 0.1) is 13.2 Å². The minimum absolute atomic E-state index is 0.167. The molecule has 0 amide bonds. The van der Waals surface area contributed by atoms with E-state index in [4.69, 9.17) is 9.47 Å².